The van der Waals surface area contributed by atoms with Crippen LogP contribution in [0, 0.1) is 5.82 Å². The number of para-hydroxylation sites is 2. The van der Waals surface area contributed by atoms with E-state index >= 15 is 0 Å². The lowest BCUT2D eigenvalue weighted by atomic mass is 10.0. The van der Waals surface area contributed by atoms with E-state index in [2.05, 4.69) is 5.32 Å². The Labute approximate surface area is 166 Å². The van der Waals surface area contributed by atoms with Crippen LogP contribution >= 0.6 is 22.6 Å². The molecule has 1 heterocycles. The van der Waals surface area contributed by atoms with Crippen molar-refractivity contribution < 1.29 is 13.5 Å². The lowest BCUT2D eigenvalue weighted by Crippen LogP contribution is -2.40. The van der Waals surface area contributed by atoms with Gasteiger partial charge in [-0.25, -0.2) is 13.0 Å². The van der Waals surface area contributed by atoms with Crippen LogP contribution in [-0.4, -0.2) is 28.7 Å². The molecule has 0 aliphatic carbocycles. The van der Waals surface area contributed by atoms with Gasteiger partial charge in [0.1, 0.15) is 5.82 Å². The van der Waals surface area contributed by atoms with Crippen molar-refractivity contribution in [3.05, 3.63) is 58.9 Å². The number of benzene rings is 2. The van der Waals surface area contributed by atoms with E-state index in [9.17, 15) is 13.5 Å². The van der Waals surface area contributed by atoms with Gasteiger partial charge in [-0.1, -0.05) is 23.7 Å². The van der Waals surface area contributed by atoms with E-state index in [-0.39, 0.29) is 11.1 Å². The van der Waals surface area contributed by atoms with Crippen molar-refractivity contribution in [2.24, 2.45) is 0 Å². The zero-order valence-electron chi connectivity index (χ0n) is 15.6. The predicted octanol–water partition coefficient (Wildman–Crippen LogP) is 5.45. The third kappa shape index (κ3) is 3.75. The zero-order valence-corrected chi connectivity index (χ0v) is 17.1. The molecule has 2 aromatic rings. The van der Waals surface area contributed by atoms with E-state index in [0.717, 1.165) is 5.69 Å². The van der Waals surface area contributed by atoms with Gasteiger partial charge in [0.15, 0.2) is 0 Å². The summed E-state index contributed by atoms with van der Waals surface area (Å²) in [7, 11) is -1.49. The number of hydrogen-bond donors (Lipinski definition) is 3. The highest BCUT2D eigenvalue weighted by Gasteiger charge is 2.45. The Morgan fingerprint density at radius 3 is 2.30 bits per heavy atom. The Bertz CT molecular complexity index is 801. The molecule has 0 unspecified atom stereocenters. The standard InChI is InChI=1S/C19H25ClFN3O2S/c1-13(2)23-18-6-4-5-7-19(18)24(27(23,25)26)17(8-9-22-3)14-10-15(20)12-16(21)11-14/h4-7,10-13,17,22,25-26H,8-9H2,1-3H3/t17-/m1/s1. The van der Waals surface area contributed by atoms with E-state index in [1.54, 1.807) is 14.7 Å². The van der Waals surface area contributed by atoms with Gasteiger partial charge in [0.25, 0.3) is 0 Å². The Morgan fingerprint density at radius 2 is 1.74 bits per heavy atom. The molecule has 0 saturated carbocycles. The largest absolute Gasteiger partial charge is 0.320 e. The molecule has 3 N–H and O–H groups in total. The van der Waals surface area contributed by atoms with E-state index < -0.39 is 22.8 Å². The fraction of sp³-hybridized carbons (Fsp3) is 0.368. The second kappa shape index (κ2) is 7.85. The first-order valence-corrected chi connectivity index (χ1v) is 10.7. The smallest absolute Gasteiger partial charge is 0.125 e. The summed E-state index contributed by atoms with van der Waals surface area (Å²) >= 11 is 6.08. The topological polar surface area (TPSA) is 59.0 Å². The van der Waals surface area contributed by atoms with E-state index in [4.69, 9.17) is 11.6 Å². The third-order valence-electron chi connectivity index (χ3n) is 4.57. The maximum atomic E-state index is 14.0. The summed E-state index contributed by atoms with van der Waals surface area (Å²) in [6, 6.07) is 11.2. The molecule has 1 aliphatic heterocycles. The second-order valence-corrected chi connectivity index (χ2v) is 9.04. The Balaban J connectivity index is 2.16. The molecule has 0 amide bonds. The van der Waals surface area contributed by atoms with Crippen molar-refractivity contribution in [3.63, 3.8) is 0 Å². The quantitative estimate of drug-likeness (QED) is 0.588. The molecular formula is C19H25ClFN3O2S. The van der Waals surface area contributed by atoms with Gasteiger partial charge in [0.05, 0.1) is 17.4 Å². The number of anilines is 2. The number of halogens is 2. The molecule has 27 heavy (non-hydrogen) atoms. The number of nitrogens with one attached hydrogen (secondary N) is 1. The second-order valence-electron chi connectivity index (χ2n) is 6.83. The minimum absolute atomic E-state index is 0.123. The molecule has 0 aromatic heterocycles. The van der Waals surface area contributed by atoms with Crippen molar-refractivity contribution in [1.82, 2.24) is 5.32 Å². The highest BCUT2D eigenvalue weighted by atomic mass is 35.5. The molecule has 0 spiro atoms. The number of nitrogens with zero attached hydrogens (tertiary/aromatic N) is 2. The molecule has 148 valence electrons. The van der Waals surface area contributed by atoms with Crippen molar-refractivity contribution in [2.45, 2.75) is 32.4 Å². The molecule has 3 rings (SSSR count). The Morgan fingerprint density at radius 1 is 1.11 bits per heavy atom. The highest BCUT2D eigenvalue weighted by molar-refractivity contribution is 8.27. The van der Waals surface area contributed by atoms with Gasteiger partial charge in [0, 0.05) is 11.1 Å². The molecule has 0 saturated heterocycles. The van der Waals surface area contributed by atoms with E-state index in [1.165, 1.54) is 12.1 Å². The van der Waals surface area contributed by atoms with Crippen LogP contribution in [0.3, 0.4) is 0 Å². The number of rotatable bonds is 6. The summed E-state index contributed by atoms with van der Waals surface area (Å²) < 4.78 is 39.7. The normalized spacial score (nSPS) is 17.9. The monoisotopic (exact) mass is 413 g/mol. The van der Waals surface area contributed by atoms with Crippen LogP contribution in [0.5, 0.6) is 0 Å². The first-order chi connectivity index (χ1) is 12.8. The van der Waals surface area contributed by atoms with Crippen LogP contribution in [0.25, 0.3) is 0 Å². The molecule has 0 bridgehead atoms. The molecule has 1 atom stereocenters. The molecule has 0 radical (unpaired) electrons. The number of hydrogen-bond acceptors (Lipinski definition) is 5. The molecule has 0 fully saturated rings. The first-order valence-electron chi connectivity index (χ1n) is 8.84. The summed E-state index contributed by atoms with van der Waals surface area (Å²) in [5.74, 6) is -0.448. The molecule has 1 aliphatic rings. The van der Waals surface area contributed by atoms with Gasteiger partial charge in [-0.05, 0) is 80.7 Å². The van der Waals surface area contributed by atoms with Crippen molar-refractivity contribution >= 4 is 33.9 Å². The summed E-state index contributed by atoms with van der Waals surface area (Å²) in [5, 5.41) is 3.37. The maximum absolute atomic E-state index is 14.0. The van der Waals surface area contributed by atoms with Gasteiger partial charge >= 0.3 is 0 Å². The minimum Gasteiger partial charge on any atom is -0.320 e. The predicted molar refractivity (Wildman–Crippen MR) is 112 cm³/mol. The summed E-state index contributed by atoms with van der Waals surface area (Å²) in [5.41, 5.74) is 2.08. The van der Waals surface area contributed by atoms with Gasteiger partial charge < -0.3 is 5.32 Å². The van der Waals surface area contributed by atoms with Crippen LogP contribution in [0.4, 0.5) is 15.8 Å². The van der Waals surface area contributed by atoms with Crippen LogP contribution in [0.15, 0.2) is 42.5 Å². The van der Waals surface area contributed by atoms with Gasteiger partial charge in [0.2, 0.25) is 0 Å². The Kier molecular flexibility index (Phi) is 5.88. The van der Waals surface area contributed by atoms with E-state index in [1.807, 2.05) is 45.2 Å². The van der Waals surface area contributed by atoms with Crippen molar-refractivity contribution in [3.8, 4) is 0 Å². The average molecular weight is 414 g/mol. The van der Waals surface area contributed by atoms with Crippen LogP contribution in [-0.2, 0) is 0 Å². The van der Waals surface area contributed by atoms with Gasteiger partial charge in [-0.15, -0.1) is 0 Å². The zero-order chi connectivity index (χ0) is 19.8. The van der Waals surface area contributed by atoms with E-state index in [0.29, 0.717) is 24.2 Å². The lowest BCUT2D eigenvalue weighted by Gasteiger charge is -2.48. The molecule has 8 heteroatoms. The first kappa shape index (κ1) is 20.2. The van der Waals surface area contributed by atoms with Gasteiger partial charge in [-0.3, -0.25) is 9.11 Å². The van der Waals surface area contributed by atoms with Crippen molar-refractivity contribution in [2.75, 3.05) is 22.2 Å². The summed E-state index contributed by atoms with van der Waals surface area (Å²) in [4.78, 5) is 0. The van der Waals surface area contributed by atoms with Crippen LogP contribution in [0.1, 0.15) is 31.9 Å². The van der Waals surface area contributed by atoms with Crippen LogP contribution < -0.4 is 13.9 Å². The SMILES string of the molecule is CNCC[C@H](c1cc(F)cc(Cl)c1)N1c2ccccc2N(C(C)C)S1(O)O. The minimum atomic E-state index is -3.32. The molecule has 5 nitrogen and oxygen atoms in total. The molecular weight excluding hydrogens is 389 g/mol. The maximum Gasteiger partial charge on any atom is 0.125 e. The fourth-order valence-corrected chi connectivity index (χ4v) is 5.95. The molecule has 2 aromatic carbocycles. The third-order valence-corrected chi connectivity index (χ3v) is 6.92. The summed E-state index contributed by atoms with van der Waals surface area (Å²) in [6.07, 6.45) is 0.548. The average Bonchev–Trinajstić information content (AvgIpc) is 2.81. The van der Waals surface area contributed by atoms with Gasteiger partial charge in [-0.2, -0.15) is 0 Å². The van der Waals surface area contributed by atoms with Crippen molar-refractivity contribution in [1.29, 1.82) is 0 Å². The van der Waals surface area contributed by atoms with Crippen LogP contribution in [0.2, 0.25) is 5.02 Å². The fourth-order valence-electron chi connectivity index (χ4n) is 3.56. The summed E-state index contributed by atoms with van der Waals surface area (Å²) in [6.45, 7) is 4.45. The highest BCUT2D eigenvalue weighted by Crippen LogP contribution is 2.65. The number of fused-ring (bicyclic) bond motifs is 1. The lowest BCUT2D eigenvalue weighted by molar-refractivity contribution is 0.461. The Hall–Kier alpha value is -1.51.